The molecule has 1 aromatic carbocycles. The predicted molar refractivity (Wildman–Crippen MR) is 76.3 cm³/mol. The topological polar surface area (TPSA) is 29.9 Å². The lowest BCUT2D eigenvalue weighted by Gasteiger charge is -2.12. The minimum absolute atomic E-state index is 0.0476. The third kappa shape index (κ3) is 3.91. The highest BCUT2D eigenvalue weighted by molar-refractivity contribution is 6.33. The fourth-order valence-electron chi connectivity index (χ4n) is 1.96. The number of alkyl halides is 3. The van der Waals surface area contributed by atoms with Crippen molar-refractivity contribution in [3.05, 3.63) is 47.0 Å². The normalized spacial score (nSPS) is 11.7. The molecule has 0 unspecified atom stereocenters. The van der Waals surface area contributed by atoms with E-state index in [0.29, 0.717) is 12.2 Å². The van der Waals surface area contributed by atoms with E-state index < -0.39 is 11.7 Å². The van der Waals surface area contributed by atoms with Crippen LogP contribution in [0.5, 0.6) is 0 Å². The van der Waals surface area contributed by atoms with Crippen LogP contribution in [-0.2, 0) is 19.3 Å². The Kier molecular flexibility index (Phi) is 4.77. The van der Waals surface area contributed by atoms with Crippen LogP contribution in [-0.4, -0.2) is 9.55 Å². The number of imidazole rings is 1. The molecular weight excluding hydrogens is 303 g/mol. The van der Waals surface area contributed by atoms with Crippen LogP contribution >= 0.6 is 11.6 Å². The van der Waals surface area contributed by atoms with Gasteiger partial charge in [0, 0.05) is 12.7 Å². The molecule has 0 aliphatic carbocycles. The zero-order chi connectivity index (χ0) is 15.5. The molecule has 21 heavy (non-hydrogen) atoms. The minimum Gasteiger partial charge on any atom is -0.378 e. The van der Waals surface area contributed by atoms with Gasteiger partial charge in [0.1, 0.15) is 0 Å². The summed E-state index contributed by atoms with van der Waals surface area (Å²) < 4.78 is 39.7. The van der Waals surface area contributed by atoms with Crippen molar-refractivity contribution in [2.24, 2.45) is 0 Å². The summed E-state index contributed by atoms with van der Waals surface area (Å²) in [5, 5.41) is 3.08. The first kappa shape index (κ1) is 15.7. The van der Waals surface area contributed by atoms with E-state index in [9.17, 15) is 13.2 Å². The summed E-state index contributed by atoms with van der Waals surface area (Å²) in [5.74, 6) is 0. The van der Waals surface area contributed by atoms with E-state index in [0.717, 1.165) is 30.8 Å². The Bertz CT molecular complexity index is 608. The Morgan fingerprint density at radius 1 is 1.33 bits per heavy atom. The molecule has 0 aliphatic heterocycles. The molecule has 0 atom stereocenters. The first-order valence-electron chi connectivity index (χ1n) is 6.51. The third-order valence-corrected chi connectivity index (χ3v) is 3.33. The van der Waals surface area contributed by atoms with Gasteiger partial charge >= 0.3 is 6.18 Å². The standard InChI is InChI=1S/C14H15ClF3N3/c1-2-5-21-9-19-7-11(21)8-20-13-4-3-10(6-12(13)15)14(16,17)18/h3-4,6-7,9,20H,2,5,8H2,1H3. The van der Waals surface area contributed by atoms with Crippen molar-refractivity contribution in [1.82, 2.24) is 9.55 Å². The monoisotopic (exact) mass is 317 g/mol. The number of anilines is 1. The van der Waals surface area contributed by atoms with E-state index in [1.54, 1.807) is 12.5 Å². The summed E-state index contributed by atoms with van der Waals surface area (Å²) in [6, 6.07) is 3.27. The van der Waals surface area contributed by atoms with E-state index in [1.807, 2.05) is 4.57 Å². The summed E-state index contributed by atoms with van der Waals surface area (Å²) in [6.45, 7) is 3.35. The van der Waals surface area contributed by atoms with Gasteiger partial charge in [-0.3, -0.25) is 0 Å². The molecule has 2 aromatic rings. The molecular formula is C14H15ClF3N3. The summed E-state index contributed by atoms with van der Waals surface area (Å²) in [7, 11) is 0. The van der Waals surface area contributed by atoms with Crippen molar-refractivity contribution >= 4 is 17.3 Å². The Morgan fingerprint density at radius 2 is 2.10 bits per heavy atom. The SMILES string of the molecule is CCCn1cncc1CNc1ccc(C(F)(F)F)cc1Cl. The van der Waals surface area contributed by atoms with E-state index >= 15 is 0 Å². The molecule has 0 radical (unpaired) electrons. The van der Waals surface area contributed by atoms with E-state index in [1.165, 1.54) is 6.07 Å². The largest absolute Gasteiger partial charge is 0.416 e. The van der Waals surface area contributed by atoms with Crippen molar-refractivity contribution in [1.29, 1.82) is 0 Å². The van der Waals surface area contributed by atoms with Gasteiger partial charge in [-0.15, -0.1) is 0 Å². The van der Waals surface area contributed by atoms with Crippen LogP contribution in [0.3, 0.4) is 0 Å². The molecule has 3 nitrogen and oxygen atoms in total. The number of nitrogens with one attached hydrogen (secondary N) is 1. The first-order chi connectivity index (χ1) is 9.91. The average molecular weight is 318 g/mol. The third-order valence-electron chi connectivity index (χ3n) is 3.02. The number of benzene rings is 1. The highest BCUT2D eigenvalue weighted by Gasteiger charge is 2.30. The molecule has 0 aliphatic rings. The van der Waals surface area contributed by atoms with E-state index in [2.05, 4.69) is 17.2 Å². The lowest BCUT2D eigenvalue weighted by Crippen LogP contribution is -2.08. The van der Waals surface area contributed by atoms with Gasteiger partial charge in [-0.1, -0.05) is 18.5 Å². The fraction of sp³-hybridized carbons (Fsp3) is 0.357. The maximum Gasteiger partial charge on any atom is 0.416 e. The van der Waals surface area contributed by atoms with Crippen molar-refractivity contribution in [3.63, 3.8) is 0 Å². The van der Waals surface area contributed by atoms with Crippen LogP contribution in [0.1, 0.15) is 24.6 Å². The van der Waals surface area contributed by atoms with Crippen LogP contribution in [0.4, 0.5) is 18.9 Å². The van der Waals surface area contributed by atoms with Crippen LogP contribution in [0.2, 0.25) is 5.02 Å². The molecule has 0 bridgehead atoms. The zero-order valence-electron chi connectivity index (χ0n) is 11.4. The molecule has 1 aromatic heterocycles. The predicted octanol–water partition coefficient (Wildman–Crippen LogP) is 4.58. The molecule has 1 N–H and O–H groups in total. The van der Waals surface area contributed by atoms with E-state index in [-0.39, 0.29) is 5.02 Å². The number of hydrogen-bond acceptors (Lipinski definition) is 2. The molecule has 0 saturated heterocycles. The smallest absolute Gasteiger partial charge is 0.378 e. The fourth-order valence-corrected chi connectivity index (χ4v) is 2.21. The lowest BCUT2D eigenvalue weighted by molar-refractivity contribution is -0.137. The van der Waals surface area contributed by atoms with Crippen molar-refractivity contribution < 1.29 is 13.2 Å². The van der Waals surface area contributed by atoms with Crippen molar-refractivity contribution in [2.45, 2.75) is 32.6 Å². The quantitative estimate of drug-likeness (QED) is 0.875. The van der Waals surface area contributed by atoms with Gasteiger partial charge in [0.25, 0.3) is 0 Å². The number of nitrogens with zero attached hydrogens (tertiary/aromatic N) is 2. The highest BCUT2D eigenvalue weighted by Crippen LogP contribution is 2.33. The van der Waals surface area contributed by atoms with E-state index in [4.69, 9.17) is 11.6 Å². The van der Waals surface area contributed by atoms with Gasteiger partial charge < -0.3 is 9.88 Å². The highest BCUT2D eigenvalue weighted by atomic mass is 35.5. The molecule has 0 fully saturated rings. The van der Waals surface area contributed by atoms with Gasteiger partial charge in [0.2, 0.25) is 0 Å². The second-order valence-corrected chi connectivity index (χ2v) is 5.03. The Hall–Kier alpha value is -1.69. The summed E-state index contributed by atoms with van der Waals surface area (Å²) in [4.78, 5) is 4.06. The number of aromatic nitrogens is 2. The maximum atomic E-state index is 12.6. The lowest BCUT2D eigenvalue weighted by atomic mass is 10.2. The van der Waals surface area contributed by atoms with Gasteiger partial charge in [-0.2, -0.15) is 13.2 Å². The number of halogens is 4. The second kappa shape index (κ2) is 6.39. The Balaban J connectivity index is 2.08. The van der Waals surface area contributed by atoms with Crippen LogP contribution in [0, 0.1) is 0 Å². The first-order valence-corrected chi connectivity index (χ1v) is 6.89. The van der Waals surface area contributed by atoms with Crippen molar-refractivity contribution in [2.75, 3.05) is 5.32 Å². The van der Waals surface area contributed by atoms with Crippen LogP contribution in [0.15, 0.2) is 30.7 Å². The molecule has 7 heteroatoms. The Labute approximate surface area is 125 Å². The molecule has 1 heterocycles. The molecule has 2 rings (SSSR count). The number of hydrogen-bond donors (Lipinski definition) is 1. The molecule has 114 valence electrons. The van der Waals surface area contributed by atoms with Gasteiger partial charge in [-0.25, -0.2) is 4.98 Å². The summed E-state index contributed by atoms with van der Waals surface area (Å²) in [5.41, 5.74) is 0.663. The van der Waals surface area contributed by atoms with Gasteiger partial charge in [0.05, 0.1) is 34.8 Å². The molecule has 0 amide bonds. The molecule has 0 saturated carbocycles. The second-order valence-electron chi connectivity index (χ2n) is 4.62. The maximum absolute atomic E-state index is 12.6. The summed E-state index contributed by atoms with van der Waals surface area (Å²) in [6.07, 6.45) is 0.0435. The minimum atomic E-state index is -4.39. The number of aryl methyl sites for hydroxylation is 1. The molecule has 0 spiro atoms. The van der Waals surface area contributed by atoms with Crippen molar-refractivity contribution in [3.8, 4) is 0 Å². The zero-order valence-corrected chi connectivity index (χ0v) is 12.2. The van der Waals surface area contributed by atoms with Crippen LogP contribution in [0.25, 0.3) is 0 Å². The van der Waals surface area contributed by atoms with Crippen LogP contribution < -0.4 is 5.32 Å². The van der Waals surface area contributed by atoms with Gasteiger partial charge in [0.15, 0.2) is 0 Å². The van der Waals surface area contributed by atoms with Gasteiger partial charge in [-0.05, 0) is 24.6 Å². The Morgan fingerprint density at radius 3 is 2.71 bits per heavy atom. The number of rotatable bonds is 5. The summed E-state index contributed by atoms with van der Waals surface area (Å²) >= 11 is 5.89. The average Bonchev–Trinajstić information content (AvgIpc) is 2.84.